The van der Waals surface area contributed by atoms with Gasteiger partial charge in [0.15, 0.2) is 0 Å². The second kappa shape index (κ2) is 5.57. The first-order valence-corrected chi connectivity index (χ1v) is 6.63. The highest BCUT2D eigenvalue weighted by atomic mass is 35.5. The fraction of sp³-hybridized carbons (Fsp3) is 0.462. The summed E-state index contributed by atoms with van der Waals surface area (Å²) in [5.74, 6) is -0.221. The first-order valence-electron chi connectivity index (χ1n) is 6.25. The lowest BCUT2D eigenvalue weighted by atomic mass is 10.0. The van der Waals surface area contributed by atoms with Gasteiger partial charge in [0.05, 0.1) is 15.5 Å². The Labute approximate surface area is 116 Å². The molecule has 1 saturated heterocycles. The number of benzene rings is 1. The zero-order valence-electron chi connectivity index (χ0n) is 10.6. The van der Waals surface area contributed by atoms with Crippen LogP contribution >= 0.6 is 11.6 Å². The predicted molar refractivity (Wildman–Crippen MR) is 72.5 cm³/mol. The van der Waals surface area contributed by atoms with Gasteiger partial charge in [-0.25, -0.2) is 0 Å². The van der Waals surface area contributed by atoms with Crippen molar-refractivity contribution in [3.8, 4) is 0 Å². The van der Waals surface area contributed by atoms with Crippen molar-refractivity contribution in [1.29, 1.82) is 0 Å². The number of rotatable bonds is 2. The normalized spacial score (nSPS) is 19.3. The van der Waals surface area contributed by atoms with Crippen LogP contribution in [0.5, 0.6) is 0 Å². The quantitative estimate of drug-likeness (QED) is 0.618. The predicted octanol–water partition coefficient (Wildman–Crippen LogP) is 3.26. The van der Waals surface area contributed by atoms with Crippen LogP contribution in [0.4, 0.5) is 5.69 Å². The zero-order valence-corrected chi connectivity index (χ0v) is 11.4. The van der Waals surface area contributed by atoms with E-state index in [1.165, 1.54) is 18.2 Å². The van der Waals surface area contributed by atoms with Gasteiger partial charge in [-0.2, -0.15) is 0 Å². The minimum absolute atomic E-state index is 0.114. The maximum atomic E-state index is 12.4. The van der Waals surface area contributed by atoms with E-state index in [0.29, 0.717) is 6.54 Å². The van der Waals surface area contributed by atoms with E-state index in [2.05, 4.69) is 0 Å². The maximum Gasteiger partial charge on any atom is 0.270 e. The molecule has 2 rings (SSSR count). The van der Waals surface area contributed by atoms with E-state index in [4.69, 9.17) is 11.6 Å². The monoisotopic (exact) mass is 282 g/mol. The number of carbonyl (C=O) groups is 1. The minimum Gasteiger partial charge on any atom is -0.336 e. The van der Waals surface area contributed by atoms with Crippen LogP contribution in [0, 0.1) is 10.1 Å². The number of nitrogens with zero attached hydrogens (tertiary/aromatic N) is 2. The van der Waals surface area contributed by atoms with Crippen LogP contribution in [0.15, 0.2) is 18.2 Å². The van der Waals surface area contributed by atoms with Gasteiger partial charge in [0, 0.05) is 24.7 Å². The number of likely N-dealkylation sites (tertiary alicyclic amines) is 1. The Hall–Kier alpha value is -1.62. The summed E-state index contributed by atoms with van der Waals surface area (Å²) in [7, 11) is 0. The lowest BCUT2D eigenvalue weighted by Crippen LogP contribution is -2.42. The Balaban J connectivity index is 2.32. The van der Waals surface area contributed by atoms with Gasteiger partial charge in [0.25, 0.3) is 11.6 Å². The molecule has 0 N–H and O–H groups in total. The molecular formula is C13H15ClN2O3. The highest BCUT2D eigenvalue weighted by molar-refractivity contribution is 6.33. The van der Waals surface area contributed by atoms with Gasteiger partial charge in [0.1, 0.15) is 0 Å². The number of amides is 1. The third-order valence-electron chi connectivity index (χ3n) is 3.46. The largest absolute Gasteiger partial charge is 0.336 e. The van der Waals surface area contributed by atoms with E-state index in [-0.39, 0.29) is 28.2 Å². The molecule has 1 aliphatic rings. The van der Waals surface area contributed by atoms with E-state index >= 15 is 0 Å². The van der Waals surface area contributed by atoms with Crippen LogP contribution in [0.25, 0.3) is 0 Å². The van der Waals surface area contributed by atoms with Crippen molar-refractivity contribution in [2.75, 3.05) is 6.54 Å². The number of halogens is 1. The molecule has 0 aromatic heterocycles. The number of hydrogen-bond donors (Lipinski definition) is 0. The zero-order chi connectivity index (χ0) is 14.0. The van der Waals surface area contributed by atoms with Gasteiger partial charge in [-0.3, -0.25) is 14.9 Å². The summed E-state index contributed by atoms with van der Waals surface area (Å²) in [6, 6.07) is 4.11. The molecule has 5 nitrogen and oxygen atoms in total. The fourth-order valence-electron chi connectivity index (χ4n) is 2.35. The molecule has 1 aromatic rings. The number of nitro groups is 1. The van der Waals surface area contributed by atoms with E-state index in [9.17, 15) is 14.9 Å². The molecule has 1 heterocycles. The summed E-state index contributed by atoms with van der Waals surface area (Å²) < 4.78 is 0. The fourth-order valence-corrected chi connectivity index (χ4v) is 2.54. The van der Waals surface area contributed by atoms with Gasteiger partial charge in [0.2, 0.25) is 0 Å². The highest BCUT2D eigenvalue weighted by Crippen LogP contribution is 2.26. The van der Waals surface area contributed by atoms with Gasteiger partial charge in [-0.1, -0.05) is 11.6 Å². The summed E-state index contributed by atoms with van der Waals surface area (Å²) >= 11 is 5.99. The number of nitro benzene ring substituents is 1. The molecule has 0 bridgehead atoms. The molecule has 19 heavy (non-hydrogen) atoms. The summed E-state index contributed by atoms with van der Waals surface area (Å²) in [6.45, 7) is 2.67. The number of non-ortho nitro benzene ring substituents is 1. The molecule has 0 spiro atoms. The Kier molecular flexibility index (Phi) is 4.04. The minimum atomic E-state index is -0.521. The molecule has 1 aromatic carbocycles. The topological polar surface area (TPSA) is 63.5 Å². The lowest BCUT2D eigenvalue weighted by Gasteiger charge is -2.33. The Bertz CT molecular complexity index is 519. The molecule has 0 saturated carbocycles. The average molecular weight is 283 g/mol. The highest BCUT2D eigenvalue weighted by Gasteiger charge is 2.26. The molecular weight excluding hydrogens is 268 g/mol. The third-order valence-corrected chi connectivity index (χ3v) is 3.78. The maximum absolute atomic E-state index is 12.4. The van der Waals surface area contributed by atoms with Gasteiger partial charge < -0.3 is 4.90 Å². The molecule has 1 aliphatic heterocycles. The van der Waals surface area contributed by atoms with Crippen molar-refractivity contribution in [3.05, 3.63) is 38.9 Å². The molecule has 0 unspecified atom stereocenters. The third kappa shape index (κ3) is 2.87. The molecule has 1 fully saturated rings. The van der Waals surface area contributed by atoms with Gasteiger partial charge in [-0.05, 0) is 32.3 Å². The Morgan fingerprint density at radius 3 is 2.84 bits per heavy atom. The van der Waals surface area contributed by atoms with E-state index in [1.807, 2.05) is 6.92 Å². The van der Waals surface area contributed by atoms with Crippen molar-refractivity contribution < 1.29 is 9.72 Å². The van der Waals surface area contributed by atoms with Crippen LogP contribution in [0.3, 0.4) is 0 Å². The van der Waals surface area contributed by atoms with Crippen LogP contribution in [-0.4, -0.2) is 28.3 Å². The Morgan fingerprint density at radius 2 is 2.21 bits per heavy atom. The smallest absolute Gasteiger partial charge is 0.270 e. The second-order valence-electron chi connectivity index (χ2n) is 4.76. The van der Waals surface area contributed by atoms with E-state index in [0.717, 1.165) is 19.3 Å². The number of hydrogen-bond acceptors (Lipinski definition) is 3. The van der Waals surface area contributed by atoms with Crippen LogP contribution in [0.1, 0.15) is 36.5 Å². The van der Waals surface area contributed by atoms with Crippen LogP contribution in [0.2, 0.25) is 5.02 Å². The van der Waals surface area contributed by atoms with Gasteiger partial charge in [-0.15, -0.1) is 0 Å². The van der Waals surface area contributed by atoms with Crippen LogP contribution < -0.4 is 0 Å². The molecule has 102 valence electrons. The first-order chi connectivity index (χ1) is 9.00. The standard InChI is InChI=1S/C13H15ClN2O3/c1-9-4-2-3-7-15(9)13(17)11-8-10(16(18)19)5-6-12(11)14/h5-6,8-9H,2-4,7H2,1H3/t9-/m1/s1. The van der Waals surface area contributed by atoms with Crippen molar-refractivity contribution >= 4 is 23.2 Å². The van der Waals surface area contributed by atoms with E-state index < -0.39 is 4.92 Å². The van der Waals surface area contributed by atoms with Gasteiger partial charge >= 0.3 is 0 Å². The summed E-state index contributed by atoms with van der Waals surface area (Å²) in [6.07, 6.45) is 3.02. The summed E-state index contributed by atoms with van der Waals surface area (Å²) in [5, 5.41) is 11.0. The van der Waals surface area contributed by atoms with Crippen LogP contribution in [-0.2, 0) is 0 Å². The lowest BCUT2D eigenvalue weighted by molar-refractivity contribution is -0.384. The Morgan fingerprint density at radius 1 is 1.47 bits per heavy atom. The number of piperidine rings is 1. The van der Waals surface area contributed by atoms with Crippen molar-refractivity contribution in [3.63, 3.8) is 0 Å². The molecule has 6 heteroatoms. The molecule has 0 aliphatic carbocycles. The first kappa shape index (κ1) is 13.8. The van der Waals surface area contributed by atoms with Crippen molar-refractivity contribution in [2.45, 2.75) is 32.2 Å². The summed E-state index contributed by atoms with van der Waals surface area (Å²) in [4.78, 5) is 24.4. The molecule has 1 amide bonds. The second-order valence-corrected chi connectivity index (χ2v) is 5.17. The number of carbonyl (C=O) groups excluding carboxylic acids is 1. The van der Waals surface area contributed by atoms with Crippen molar-refractivity contribution in [2.24, 2.45) is 0 Å². The molecule has 1 atom stereocenters. The average Bonchev–Trinajstić information content (AvgIpc) is 2.38. The SMILES string of the molecule is C[C@@H]1CCCCN1C(=O)c1cc([N+](=O)[O-])ccc1Cl. The van der Waals surface area contributed by atoms with Crippen molar-refractivity contribution in [1.82, 2.24) is 4.90 Å². The summed E-state index contributed by atoms with van der Waals surface area (Å²) in [5.41, 5.74) is 0.0991. The van der Waals surface area contributed by atoms with E-state index in [1.54, 1.807) is 4.90 Å². The molecule has 0 radical (unpaired) electrons.